The van der Waals surface area contributed by atoms with Crippen LogP contribution in [0.4, 0.5) is 0 Å². The smallest absolute Gasteiger partial charge is 0.256 e. The van der Waals surface area contributed by atoms with Gasteiger partial charge in [0.15, 0.2) is 0 Å². The molecule has 2 heterocycles. The van der Waals surface area contributed by atoms with Crippen LogP contribution in [-0.2, 0) is 13.1 Å². The first-order chi connectivity index (χ1) is 17.1. The molecule has 0 aliphatic heterocycles. The van der Waals surface area contributed by atoms with Crippen LogP contribution in [0.3, 0.4) is 0 Å². The summed E-state index contributed by atoms with van der Waals surface area (Å²) in [4.78, 5) is 13.2. The second-order valence-corrected chi connectivity index (χ2v) is 8.59. The Kier molecular flexibility index (Phi) is 6.46. The molecule has 1 amide bonds. The third kappa shape index (κ3) is 4.88. The normalized spacial score (nSPS) is 10.9. The number of halogens is 1. The Morgan fingerprint density at radius 2 is 1.51 bits per heavy atom. The van der Waals surface area contributed by atoms with Gasteiger partial charge in [0.1, 0.15) is 5.15 Å². The fourth-order valence-corrected chi connectivity index (χ4v) is 4.40. The molecule has 0 fully saturated rings. The summed E-state index contributed by atoms with van der Waals surface area (Å²) in [5.74, 6) is -0.274. The molecule has 35 heavy (non-hydrogen) atoms. The Morgan fingerprint density at radius 3 is 2.20 bits per heavy atom. The standard InChI is InChI=1S/C28H24ClN5O/c1-20-25(27(29)34(31-20)24-15-9-4-10-16-24)28(35)30-17-23-19-33(18-21-11-5-2-6-12-21)32-26(23)22-13-7-3-8-14-22/h2-16,19H,17-18H2,1H3,(H,30,35). The van der Waals surface area contributed by atoms with Crippen LogP contribution >= 0.6 is 11.6 Å². The highest BCUT2D eigenvalue weighted by molar-refractivity contribution is 6.33. The van der Waals surface area contributed by atoms with Crippen molar-refractivity contribution in [2.24, 2.45) is 0 Å². The maximum Gasteiger partial charge on any atom is 0.256 e. The number of carbonyl (C=O) groups is 1. The van der Waals surface area contributed by atoms with Crippen LogP contribution in [0.1, 0.15) is 27.2 Å². The van der Waals surface area contributed by atoms with E-state index in [1.165, 1.54) is 0 Å². The molecule has 0 spiro atoms. The van der Waals surface area contributed by atoms with Gasteiger partial charge in [0.25, 0.3) is 5.91 Å². The summed E-state index contributed by atoms with van der Waals surface area (Å²) in [6, 6.07) is 29.7. The number of carbonyl (C=O) groups excluding carboxylic acids is 1. The molecule has 0 radical (unpaired) electrons. The van der Waals surface area contributed by atoms with Crippen LogP contribution in [0.25, 0.3) is 16.9 Å². The van der Waals surface area contributed by atoms with Crippen molar-refractivity contribution in [3.05, 3.63) is 125 Å². The predicted octanol–water partition coefficient (Wildman–Crippen LogP) is 5.68. The van der Waals surface area contributed by atoms with Gasteiger partial charge >= 0.3 is 0 Å². The molecular formula is C28H24ClN5O. The number of nitrogens with one attached hydrogen (secondary N) is 1. The van der Waals surface area contributed by atoms with Crippen molar-refractivity contribution in [3.8, 4) is 16.9 Å². The number of hydrogen-bond acceptors (Lipinski definition) is 3. The van der Waals surface area contributed by atoms with E-state index in [4.69, 9.17) is 16.7 Å². The highest BCUT2D eigenvalue weighted by Gasteiger charge is 2.22. The van der Waals surface area contributed by atoms with E-state index in [2.05, 4.69) is 22.5 Å². The zero-order valence-corrected chi connectivity index (χ0v) is 20.0. The van der Waals surface area contributed by atoms with Gasteiger partial charge in [-0.05, 0) is 24.6 Å². The lowest BCUT2D eigenvalue weighted by atomic mass is 10.1. The summed E-state index contributed by atoms with van der Waals surface area (Å²) in [5, 5.41) is 12.6. The van der Waals surface area contributed by atoms with E-state index in [-0.39, 0.29) is 11.1 Å². The van der Waals surface area contributed by atoms with E-state index < -0.39 is 0 Å². The van der Waals surface area contributed by atoms with Crippen LogP contribution in [0, 0.1) is 6.92 Å². The predicted molar refractivity (Wildman–Crippen MR) is 138 cm³/mol. The Hall–Kier alpha value is -4.16. The molecule has 3 aromatic carbocycles. The van der Waals surface area contributed by atoms with Gasteiger partial charge in [-0.25, -0.2) is 4.68 Å². The summed E-state index contributed by atoms with van der Waals surface area (Å²) in [5.41, 5.74) is 5.64. The van der Waals surface area contributed by atoms with Gasteiger partial charge in [-0.15, -0.1) is 0 Å². The third-order valence-electron chi connectivity index (χ3n) is 5.74. The van der Waals surface area contributed by atoms with Gasteiger partial charge in [0.05, 0.1) is 29.2 Å². The summed E-state index contributed by atoms with van der Waals surface area (Å²) in [7, 11) is 0. The molecule has 5 rings (SSSR count). The first-order valence-corrected chi connectivity index (χ1v) is 11.7. The fourth-order valence-electron chi connectivity index (χ4n) is 4.04. The Labute approximate surface area is 208 Å². The minimum atomic E-state index is -0.274. The van der Waals surface area contributed by atoms with Crippen molar-refractivity contribution in [2.75, 3.05) is 0 Å². The molecular weight excluding hydrogens is 458 g/mol. The quantitative estimate of drug-likeness (QED) is 0.325. The van der Waals surface area contributed by atoms with E-state index in [1.54, 1.807) is 11.6 Å². The average molecular weight is 482 g/mol. The number of aryl methyl sites for hydroxylation is 1. The van der Waals surface area contributed by atoms with Gasteiger partial charge in [-0.1, -0.05) is 90.5 Å². The van der Waals surface area contributed by atoms with Gasteiger partial charge in [-0.3, -0.25) is 9.48 Å². The molecule has 7 heteroatoms. The Bertz CT molecular complexity index is 1440. The van der Waals surface area contributed by atoms with E-state index in [1.807, 2.05) is 89.7 Å². The van der Waals surface area contributed by atoms with Crippen LogP contribution in [0.2, 0.25) is 5.15 Å². The van der Waals surface area contributed by atoms with Crippen LogP contribution in [0.5, 0.6) is 0 Å². The lowest BCUT2D eigenvalue weighted by molar-refractivity contribution is 0.0950. The molecule has 0 bridgehead atoms. The van der Waals surface area contributed by atoms with Gasteiger partial charge in [0, 0.05) is 23.9 Å². The summed E-state index contributed by atoms with van der Waals surface area (Å²) in [6.07, 6.45) is 1.98. The van der Waals surface area contributed by atoms with Crippen LogP contribution in [-0.4, -0.2) is 25.5 Å². The summed E-state index contributed by atoms with van der Waals surface area (Å²) < 4.78 is 3.49. The summed E-state index contributed by atoms with van der Waals surface area (Å²) >= 11 is 6.59. The fraction of sp³-hybridized carbons (Fsp3) is 0.107. The Balaban J connectivity index is 1.40. The van der Waals surface area contributed by atoms with Gasteiger partial charge < -0.3 is 5.32 Å². The van der Waals surface area contributed by atoms with Crippen molar-refractivity contribution >= 4 is 17.5 Å². The highest BCUT2D eigenvalue weighted by atomic mass is 35.5. The number of benzene rings is 3. The van der Waals surface area contributed by atoms with Crippen LogP contribution in [0.15, 0.2) is 97.2 Å². The Morgan fingerprint density at radius 1 is 0.886 bits per heavy atom. The number of para-hydroxylation sites is 1. The second-order valence-electron chi connectivity index (χ2n) is 8.23. The molecule has 6 nitrogen and oxygen atoms in total. The summed E-state index contributed by atoms with van der Waals surface area (Å²) in [6.45, 7) is 2.74. The number of aromatic nitrogens is 4. The highest BCUT2D eigenvalue weighted by Crippen LogP contribution is 2.25. The van der Waals surface area contributed by atoms with Gasteiger partial charge in [0.2, 0.25) is 0 Å². The molecule has 0 aliphatic carbocycles. The monoisotopic (exact) mass is 481 g/mol. The van der Waals surface area contributed by atoms with Gasteiger partial charge in [-0.2, -0.15) is 10.2 Å². The van der Waals surface area contributed by atoms with Crippen molar-refractivity contribution in [1.82, 2.24) is 24.9 Å². The largest absolute Gasteiger partial charge is 0.348 e. The molecule has 0 aliphatic rings. The molecule has 5 aromatic rings. The molecule has 0 atom stereocenters. The van der Waals surface area contributed by atoms with Crippen molar-refractivity contribution in [2.45, 2.75) is 20.0 Å². The zero-order chi connectivity index (χ0) is 24.2. The minimum absolute atomic E-state index is 0.274. The average Bonchev–Trinajstić information content (AvgIpc) is 3.43. The second kappa shape index (κ2) is 9.99. The molecule has 0 unspecified atom stereocenters. The van der Waals surface area contributed by atoms with E-state index >= 15 is 0 Å². The van der Waals surface area contributed by atoms with Crippen LogP contribution < -0.4 is 5.32 Å². The maximum absolute atomic E-state index is 13.2. The number of hydrogen-bond donors (Lipinski definition) is 1. The zero-order valence-electron chi connectivity index (χ0n) is 19.2. The van der Waals surface area contributed by atoms with Crippen molar-refractivity contribution in [1.29, 1.82) is 0 Å². The SMILES string of the molecule is Cc1nn(-c2ccccc2)c(Cl)c1C(=O)NCc1cn(Cc2ccccc2)nc1-c1ccccc1. The molecule has 1 N–H and O–H groups in total. The molecule has 174 valence electrons. The molecule has 0 saturated carbocycles. The number of nitrogens with zero attached hydrogens (tertiary/aromatic N) is 4. The lowest BCUT2D eigenvalue weighted by Crippen LogP contribution is -2.23. The minimum Gasteiger partial charge on any atom is -0.348 e. The first kappa shape index (κ1) is 22.6. The molecule has 0 saturated heterocycles. The topological polar surface area (TPSA) is 64.7 Å². The van der Waals surface area contributed by atoms with E-state index in [0.717, 1.165) is 28.1 Å². The lowest BCUT2D eigenvalue weighted by Gasteiger charge is -2.06. The third-order valence-corrected chi connectivity index (χ3v) is 6.09. The number of rotatable bonds is 7. The van der Waals surface area contributed by atoms with Crippen molar-refractivity contribution < 1.29 is 4.79 Å². The molecule has 2 aromatic heterocycles. The maximum atomic E-state index is 13.2. The first-order valence-electron chi connectivity index (χ1n) is 11.3. The van der Waals surface area contributed by atoms with E-state index in [0.29, 0.717) is 24.3 Å². The van der Waals surface area contributed by atoms with Crippen molar-refractivity contribution in [3.63, 3.8) is 0 Å². The van der Waals surface area contributed by atoms with E-state index in [9.17, 15) is 4.79 Å². The number of amides is 1.